The summed E-state index contributed by atoms with van der Waals surface area (Å²) in [4.78, 5) is 12.0. The highest BCUT2D eigenvalue weighted by atomic mass is 16.5. The zero-order valence-electron chi connectivity index (χ0n) is 11.9. The quantitative estimate of drug-likeness (QED) is 0.412. The molecule has 0 spiro atoms. The molecule has 5 nitrogen and oxygen atoms in total. The Morgan fingerprint density at radius 2 is 2.00 bits per heavy atom. The molecule has 0 unspecified atom stereocenters. The fraction of sp³-hybridized carbons (Fsp3) is 0.533. The van der Waals surface area contributed by atoms with E-state index >= 15 is 0 Å². The molecule has 5 heteroatoms. The minimum atomic E-state index is -0.450. The van der Waals surface area contributed by atoms with Crippen LogP contribution in [-0.2, 0) is 4.74 Å². The standard InChI is InChI=1S/C15H23NO4/c1-2-19-13-9-7-8-12(16)14(13)15(18)20-11-6-4-3-5-10-17/h7-9,17H,2-6,10-11,16H2,1H3. The van der Waals surface area contributed by atoms with E-state index in [1.807, 2.05) is 6.92 Å². The summed E-state index contributed by atoms with van der Waals surface area (Å²) in [5.41, 5.74) is 6.47. The number of benzene rings is 1. The van der Waals surface area contributed by atoms with Crippen molar-refractivity contribution < 1.29 is 19.4 Å². The van der Waals surface area contributed by atoms with Crippen LogP contribution in [0, 0.1) is 0 Å². The van der Waals surface area contributed by atoms with Crippen LogP contribution in [0.4, 0.5) is 5.69 Å². The van der Waals surface area contributed by atoms with E-state index in [4.69, 9.17) is 20.3 Å². The van der Waals surface area contributed by atoms with Gasteiger partial charge in [0.25, 0.3) is 0 Å². The number of nitrogen functional groups attached to an aromatic ring is 1. The summed E-state index contributed by atoms with van der Waals surface area (Å²) in [5.74, 6) is 0.00601. The van der Waals surface area contributed by atoms with Gasteiger partial charge < -0.3 is 20.3 Å². The number of unbranched alkanes of at least 4 members (excludes halogenated alkanes) is 3. The molecule has 0 aliphatic carbocycles. The molecule has 0 saturated heterocycles. The van der Waals surface area contributed by atoms with Crippen LogP contribution in [0.5, 0.6) is 5.75 Å². The number of carbonyl (C=O) groups excluding carboxylic acids is 1. The summed E-state index contributed by atoms with van der Waals surface area (Å²) < 4.78 is 10.6. The van der Waals surface area contributed by atoms with Gasteiger partial charge in [0.05, 0.1) is 13.2 Å². The lowest BCUT2D eigenvalue weighted by molar-refractivity contribution is 0.0494. The van der Waals surface area contributed by atoms with E-state index in [1.54, 1.807) is 18.2 Å². The van der Waals surface area contributed by atoms with Gasteiger partial charge in [0.15, 0.2) is 0 Å². The average molecular weight is 281 g/mol. The fourth-order valence-electron chi connectivity index (χ4n) is 1.85. The molecular formula is C15H23NO4. The van der Waals surface area contributed by atoms with Crippen LogP contribution in [0.25, 0.3) is 0 Å². The molecule has 20 heavy (non-hydrogen) atoms. The Morgan fingerprint density at radius 3 is 2.70 bits per heavy atom. The lowest BCUT2D eigenvalue weighted by Crippen LogP contribution is -2.11. The van der Waals surface area contributed by atoms with Crippen molar-refractivity contribution in [2.24, 2.45) is 0 Å². The monoisotopic (exact) mass is 281 g/mol. The second-order valence-electron chi connectivity index (χ2n) is 4.43. The van der Waals surface area contributed by atoms with Crippen LogP contribution in [0.2, 0.25) is 0 Å². The lowest BCUT2D eigenvalue weighted by atomic mass is 10.1. The molecule has 0 amide bonds. The SMILES string of the molecule is CCOc1cccc(N)c1C(=O)OCCCCCCO. The van der Waals surface area contributed by atoms with Crippen LogP contribution in [0.1, 0.15) is 43.0 Å². The summed E-state index contributed by atoms with van der Waals surface area (Å²) >= 11 is 0. The van der Waals surface area contributed by atoms with E-state index in [1.165, 1.54) is 0 Å². The number of ether oxygens (including phenoxy) is 2. The highest BCUT2D eigenvalue weighted by Gasteiger charge is 2.17. The van der Waals surface area contributed by atoms with Gasteiger partial charge in [0.1, 0.15) is 11.3 Å². The molecule has 0 aliphatic heterocycles. The van der Waals surface area contributed by atoms with Crippen LogP contribution in [0.15, 0.2) is 18.2 Å². The van der Waals surface area contributed by atoms with Gasteiger partial charge in [-0.05, 0) is 38.3 Å². The Kier molecular flexibility index (Phi) is 7.50. The summed E-state index contributed by atoms with van der Waals surface area (Å²) in [7, 11) is 0. The maximum absolute atomic E-state index is 12.0. The molecule has 1 rings (SSSR count). The Hall–Kier alpha value is -1.75. The Labute approximate surface area is 119 Å². The van der Waals surface area contributed by atoms with E-state index in [2.05, 4.69) is 0 Å². The van der Waals surface area contributed by atoms with Crippen LogP contribution < -0.4 is 10.5 Å². The molecule has 0 aromatic heterocycles. The molecule has 0 fully saturated rings. The lowest BCUT2D eigenvalue weighted by Gasteiger charge is -2.12. The number of esters is 1. The second-order valence-corrected chi connectivity index (χ2v) is 4.43. The predicted octanol–water partition coefficient (Wildman–Crippen LogP) is 2.38. The van der Waals surface area contributed by atoms with Gasteiger partial charge in [0, 0.05) is 12.3 Å². The molecule has 1 aromatic rings. The van der Waals surface area contributed by atoms with Gasteiger partial charge in [-0.15, -0.1) is 0 Å². The van der Waals surface area contributed by atoms with Crippen molar-refractivity contribution in [3.05, 3.63) is 23.8 Å². The molecule has 0 atom stereocenters. The van der Waals surface area contributed by atoms with Crippen molar-refractivity contribution in [2.45, 2.75) is 32.6 Å². The topological polar surface area (TPSA) is 81.8 Å². The minimum absolute atomic E-state index is 0.206. The molecule has 0 radical (unpaired) electrons. The Bertz CT molecular complexity index is 420. The van der Waals surface area contributed by atoms with E-state index < -0.39 is 5.97 Å². The number of hydrogen-bond acceptors (Lipinski definition) is 5. The summed E-state index contributed by atoms with van der Waals surface area (Å²) in [6.45, 7) is 2.87. The van der Waals surface area contributed by atoms with Gasteiger partial charge in [0.2, 0.25) is 0 Å². The van der Waals surface area contributed by atoms with E-state index in [0.29, 0.717) is 30.2 Å². The van der Waals surface area contributed by atoms with Crippen molar-refractivity contribution in [1.82, 2.24) is 0 Å². The first-order valence-electron chi connectivity index (χ1n) is 7.00. The molecule has 0 aliphatic rings. The summed E-state index contributed by atoms with van der Waals surface area (Å²) in [6.07, 6.45) is 3.43. The zero-order valence-corrected chi connectivity index (χ0v) is 11.9. The molecule has 0 saturated carbocycles. The number of aliphatic hydroxyl groups is 1. The summed E-state index contributed by atoms with van der Waals surface area (Å²) in [5, 5.41) is 8.66. The molecule has 1 aromatic carbocycles. The predicted molar refractivity (Wildman–Crippen MR) is 77.9 cm³/mol. The molecule has 0 bridgehead atoms. The molecular weight excluding hydrogens is 258 g/mol. The van der Waals surface area contributed by atoms with Crippen molar-refractivity contribution in [3.63, 3.8) is 0 Å². The van der Waals surface area contributed by atoms with Crippen LogP contribution >= 0.6 is 0 Å². The van der Waals surface area contributed by atoms with Crippen molar-refractivity contribution in [1.29, 1.82) is 0 Å². The first kappa shape index (κ1) is 16.3. The number of hydrogen-bond donors (Lipinski definition) is 2. The minimum Gasteiger partial charge on any atom is -0.493 e. The summed E-state index contributed by atoms with van der Waals surface area (Å²) in [6, 6.07) is 5.10. The number of carbonyl (C=O) groups is 1. The number of aliphatic hydroxyl groups excluding tert-OH is 1. The maximum atomic E-state index is 12.0. The van der Waals surface area contributed by atoms with Crippen molar-refractivity contribution in [2.75, 3.05) is 25.6 Å². The second kappa shape index (κ2) is 9.20. The highest BCUT2D eigenvalue weighted by molar-refractivity contribution is 5.98. The van der Waals surface area contributed by atoms with Gasteiger partial charge in [-0.2, -0.15) is 0 Å². The first-order chi connectivity index (χ1) is 9.70. The van der Waals surface area contributed by atoms with Crippen molar-refractivity contribution in [3.8, 4) is 5.75 Å². The smallest absolute Gasteiger partial charge is 0.344 e. The third-order valence-electron chi connectivity index (χ3n) is 2.85. The van der Waals surface area contributed by atoms with Gasteiger partial charge in [-0.25, -0.2) is 4.79 Å². The maximum Gasteiger partial charge on any atom is 0.344 e. The van der Waals surface area contributed by atoms with Crippen LogP contribution in [0.3, 0.4) is 0 Å². The normalized spacial score (nSPS) is 10.3. The number of nitrogens with two attached hydrogens (primary N) is 1. The van der Waals surface area contributed by atoms with E-state index in [0.717, 1.165) is 25.7 Å². The third-order valence-corrected chi connectivity index (χ3v) is 2.85. The number of rotatable bonds is 9. The van der Waals surface area contributed by atoms with Crippen molar-refractivity contribution >= 4 is 11.7 Å². The van der Waals surface area contributed by atoms with Crippen LogP contribution in [-0.4, -0.2) is 30.9 Å². The molecule has 112 valence electrons. The molecule has 3 N–H and O–H groups in total. The largest absolute Gasteiger partial charge is 0.493 e. The fourth-order valence-corrected chi connectivity index (χ4v) is 1.85. The highest BCUT2D eigenvalue weighted by Crippen LogP contribution is 2.25. The van der Waals surface area contributed by atoms with Gasteiger partial charge in [-0.3, -0.25) is 0 Å². The van der Waals surface area contributed by atoms with E-state index in [9.17, 15) is 4.79 Å². The average Bonchev–Trinajstić information content (AvgIpc) is 2.43. The first-order valence-corrected chi connectivity index (χ1v) is 7.00. The van der Waals surface area contributed by atoms with Gasteiger partial charge >= 0.3 is 5.97 Å². The number of anilines is 1. The Balaban J connectivity index is 2.50. The Morgan fingerprint density at radius 1 is 1.25 bits per heavy atom. The third kappa shape index (κ3) is 5.09. The van der Waals surface area contributed by atoms with Gasteiger partial charge in [-0.1, -0.05) is 12.5 Å². The zero-order chi connectivity index (χ0) is 14.8. The van der Waals surface area contributed by atoms with E-state index in [-0.39, 0.29) is 6.61 Å². The molecule has 0 heterocycles.